The van der Waals surface area contributed by atoms with Gasteiger partial charge in [0.2, 0.25) is 0 Å². The van der Waals surface area contributed by atoms with Crippen molar-refractivity contribution in [2.24, 2.45) is 0 Å². The Bertz CT molecular complexity index is 628. The number of hydrogen-bond acceptors (Lipinski definition) is 3. The summed E-state index contributed by atoms with van der Waals surface area (Å²) in [5, 5.41) is 3.14. The Morgan fingerprint density at radius 2 is 2.05 bits per heavy atom. The number of nitrogens with two attached hydrogens (primary N) is 1. The minimum Gasteiger partial charge on any atom is -0.384 e. The van der Waals surface area contributed by atoms with Gasteiger partial charge in [0.1, 0.15) is 5.82 Å². The van der Waals surface area contributed by atoms with E-state index in [0.717, 1.165) is 12.0 Å². The third-order valence-corrected chi connectivity index (χ3v) is 3.36. The van der Waals surface area contributed by atoms with Crippen molar-refractivity contribution in [3.63, 3.8) is 0 Å². The molecule has 1 aromatic carbocycles. The second kappa shape index (κ2) is 6.39. The number of nitrogens with zero attached hydrogens (tertiary/aromatic N) is 1. The van der Waals surface area contributed by atoms with Crippen LogP contribution in [0.2, 0.25) is 5.02 Å². The first-order chi connectivity index (χ1) is 9.61. The standard InChI is InChI=1S/C15H16ClN3O/c1-2-10-5-3-4-6-11(10)8-19-15(20)12-7-14(17)18-9-13(12)16/h3-7,9H,2,8H2,1H3,(H2,17,18)(H,19,20). The number of pyridine rings is 1. The molecule has 3 N–H and O–H groups in total. The summed E-state index contributed by atoms with van der Waals surface area (Å²) in [6.07, 6.45) is 2.31. The van der Waals surface area contributed by atoms with Gasteiger partial charge in [-0.25, -0.2) is 4.98 Å². The van der Waals surface area contributed by atoms with Gasteiger partial charge in [-0.1, -0.05) is 42.8 Å². The van der Waals surface area contributed by atoms with Crippen LogP contribution in [0.15, 0.2) is 36.5 Å². The van der Waals surface area contributed by atoms with E-state index >= 15 is 0 Å². The Labute approximate surface area is 123 Å². The summed E-state index contributed by atoms with van der Waals surface area (Å²) in [6, 6.07) is 9.48. The first-order valence-corrected chi connectivity index (χ1v) is 6.75. The molecular formula is C15H16ClN3O. The van der Waals surface area contributed by atoms with Gasteiger partial charge < -0.3 is 11.1 Å². The Kier molecular flexibility index (Phi) is 4.58. The summed E-state index contributed by atoms with van der Waals surface area (Å²) < 4.78 is 0. The number of halogens is 1. The lowest BCUT2D eigenvalue weighted by Crippen LogP contribution is -2.24. The van der Waals surface area contributed by atoms with Crippen LogP contribution < -0.4 is 11.1 Å². The van der Waals surface area contributed by atoms with Gasteiger partial charge in [0.05, 0.1) is 10.6 Å². The summed E-state index contributed by atoms with van der Waals surface area (Å²) in [7, 11) is 0. The molecule has 2 aromatic rings. The number of aryl methyl sites for hydroxylation is 1. The van der Waals surface area contributed by atoms with E-state index in [4.69, 9.17) is 17.3 Å². The van der Waals surface area contributed by atoms with E-state index in [1.54, 1.807) is 0 Å². The topological polar surface area (TPSA) is 68.0 Å². The average Bonchev–Trinajstić information content (AvgIpc) is 2.47. The van der Waals surface area contributed by atoms with E-state index in [0.29, 0.717) is 17.1 Å². The summed E-state index contributed by atoms with van der Waals surface area (Å²) >= 11 is 5.95. The molecule has 0 aliphatic heterocycles. The van der Waals surface area contributed by atoms with E-state index in [1.165, 1.54) is 17.8 Å². The Morgan fingerprint density at radius 3 is 2.75 bits per heavy atom. The maximum Gasteiger partial charge on any atom is 0.253 e. The van der Waals surface area contributed by atoms with Crippen LogP contribution in [-0.4, -0.2) is 10.9 Å². The van der Waals surface area contributed by atoms with E-state index in [-0.39, 0.29) is 11.7 Å². The van der Waals surface area contributed by atoms with Crippen molar-refractivity contribution in [2.75, 3.05) is 5.73 Å². The minimum absolute atomic E-state index is 0.255. The second-order valence-corrected chi connectivity index (χ2v) is 4.80. The first kappa shape index (κ1) is 14.3. The highest BCUT2D eigenvalue weighted by Gasteiger charge is 2.11. The number of amides is 1. The predicted octanol–water partition coefficient (Wildman–Crippen LogP) is 2.81. The fraction of sp³-hybridized carbons (Fsp3) is 0.200. The smallest absolute Gasteiger partial charge is 0.253 e. The molecule has 104 valence electrons. The quantitative estimate of drug-likeness (QED) is 0.909. The maximum atomic E-state index is 12.1. The first-order valence-electron chi connectivity index (χ1n) is 6.37. The maximum absolute atomic E-state index is 12.1. The highest BCUT2D eigenvalue weighted by atomic mass is 35.5. The molecule has 0 atom stereocenters. The summed E-state index contributed by atoms with van der Waals surface area (Å²) in [5.74, 6) is 0.0171. The molecule has 0 bridgehead atoms. The molecule has 5 heteroatoms. The molecule has 0 unspecified atom stereocenters. The molecular weight excluding hydrogens is 274 g/mol. The zero-order valence-corrected chi connectivity index (χ0v) is 11.9. The average molecular weight is 290 g/mol. The summed E-state index contributed by atoms with van der Waals surface area (Å²) in [5.41, 5.74) is 8.22. The van der Waals surface area contributed by atoms with Gasteiger partial charge in [-0.15, -0.1) is 0 Å². The number of aromatic nitrogens is 1. The van der Waals surface area contributed by atoms with Crippen molar-refractivity contribution in [1.82, 2.24) is 10.3 Å². The summed E-state index contributed by atoms with van der Waals surface area (Å²) in [6.45, 7) is 2.54. The number of carbonyl (C=O) groups is 1. The molecule has 1 amide bonds. The van der Waals surface area contributed by atoms with Crippen LogP contribution in [0.5, 0.6) is 0 Å². The number of benzene rings is 1. The Balaban J connectivity index is 2.11. The molecule has 2 rings (SSSR count). The van der Waals surface area contributed by atoms with Gasteiger partial charge in [0, 0.05) is 12.7 Å². The second-order valence-electron chi connectivity index (χ2n) is 4.39. The van der Waals surface area contributed by atoms with Crippen molar-refractivity contribution in [3.8, 4) is 0 Å². The number of nitrogen functional groups attached to an aromatic ring is 1. The van der Waals surface area contributed by atoms with Gasteiger partial charge in [-0.3, -0.25) is 4.79 Å². The molecule has 0 aliphatic carbocycles. The van der Waals surface area contributed by atoms with Crippen LogP contribution >= 0.6 is 11.6 Å². The third-order valence-electron chi connectivity index (χ3n) is 3.06. The molecule has 0 saturated heterocycles. The number of anilines is 1. The monoisotopic (exact) mass is 289 g/mol. The number of hydrogen-bond donors (Lipinski definition) is 2. The largest absolute Gasteiger partial charge is 0.384 e. The van der Waals surface area contributed by atoms with Crippen LogP contribution in [-0.2, 0) is 13.0 Å². The van der Waals surface area contributed by atoms with Crippen LogP contribution in [0.3, 0.4) is 0 Å². The van der Waals surface area contributed by atoms with Crippen LogP contribution in [0.1, 0.15) is 28.4 Å². The number of rotatable bonds is 4. The van der Waals surface area contributed by atoms with Gasteiger partial charge >= 0.3 is 0 Å². The van der Waals surface area contributed by atoms with Crippen molar-refractivity contribution in [1.29, 1.82) is 0 Å². The molecule has 0 radical (unpaired) electrons. The van der Waals surface area contributed by atoms with Crippen LogP contribution in [0.4, 0.5) is 5.82 Å². The van der Waals surface area contributed by atoms with Crippen LogP contribution in [0, 0.1) is 0 Å². The van der Waals surface area contributed by atoms with E-state index < -0.39 is 0 Å². The third kappa shape index (κ3) is 3.27. The normalized spacial score (nSPS) is 10.3. The van der Waals surface area contributed by atoms with Crippen molar-refractivity contribution in [3.05, 3.63) is 58.2 Å². The van der Waals surface area contributed by atoms with E-state index in [9.17, 15) is 4.79 Å². The molecule has 1 aromatic heterocycles. The van der Waals surface area contributed by atoms with Gasteiger partial charge in [0.15, 0.2) is 0 Å². The lowest BCUT2D eigenvalue weighted by Gasteiger charge is -2.10. The van der Waals surface area contributed by atoms with E-state index in [2.05, 4.69) is 23.3 Å². The Morgan fingerprint density at radius 1 is 1.35 bits per heavy atom. The predicted molar refractivity (Wildman–Crippen MR) is 80.6 cm³/mol. The van der Waals surface area contributed by atoms with Crippen molar-refractivity contribution in [2.45, 2.75) is 19.9 Å². The highest BCUT2D eigenvalue weighted by molar-refractivity contribution is 6.33. The molecule has 4 nitrogen and oxygen atoms in total. The lowest BCUT2D eigenvalue weighted by atomic mass is 10.1. The fourth-order valence-corrected chi connectivity index (χ4v) is 2.16. The molecule has 0 spiro atoms. The van der Waals surface area contributed by atoms with Crippen molar-refractivity contribution < 1.29 is 4.79 Å². The molecule has 0 fully saturated rings. The Hall–Kier alpha value is -2.07. The zero-order chi connectivity index (χ0) is 14.5. The van der Waals surface area contributed by atoms with Crippen LogP contribution in [0.25, 0.3) is 0 Å². The molecule has 0 aliphatic rings. The van der Waals surface area contributed by atoms with Gasteiger partial charge in [-0.2, -0.15) is 0 Å². The van der Waals surface area contributed by atoms with Crippen molar-refractivity contribution >= 4 is 23.3 Å². The van der Waals surface area contributed by atoms with Gasteiger partial charge in [-0.05, 0) is 23.6 Å². The minimum atomic E-state index is -0.255. The van der Waals surface area contributed by atoms with E-state index in [1.807, 2.05) is 18.2 Å². The number of nitrogens with one attached hydrogen (secondary N) is 1. The van der Waals surface area contributed by atoms with Gasteiger partial charge in [0.25, 0.3) is 5.91 Å². The molecule has 0 saturated carbocycles. The molecule has 20 heavy (non-hydrogen) atoms. The lowest BCUT2D eigenvalue weighted by molar-refractivity contribution is 0.0951. The highest BCUT2D eigenvalue weighted by Crippen LogP contribution is 2.17. The summed E-state index contributed by atoms with van der Waals surface area (Å²) in [4.78, 5) is 15.9. The SMILES string of the molecule is CCc1ccccc1CNC(=O)c1cc(N)ncc1Cl. The zero-order valence-electron chi connectivity index (χ0n) is 11.2. The molecule has 1 heterocycles. The number of carbonyl (C=O) groups excluding carboxylic acids is 1. The fourth-order valence-electron chi connectivity index (χ4n) is 1.97.